The van der Waals surface area contributed by atoms with E-state index in [1.165, 1.54) is 72.3 Å². The van der Waals surface area contributed by atoms with Gasteiger partial charge in [0.05, 0.1) is 40.4 Å². The minimum absolute atomic E-state index is 0.637. The molecular formula is C85H138Si5. The first-order valence-electron chi connectivity index (χ1n) is 34.7. The Kier molecular flexibility index (Phi) is 34.3. The van der Waals surface area contributed by atoms with Gasteiger partial charge in [0.1, 0.15) is 0 Å². The van der Waals surface area contributed by atoms with Crippen LogP contribution in [0.5, 0.6) is 0 Å². The van der Waals surface area contributed by atoms with Crippen molar-refractivity contribution in [3.8, 4) is 0 Å². The maximum Gasteiger partial charge on any atom is 0.0779 e. The van der Waals surface area contributed by atoms with E-state index in [1.54, 1.807) is 31.5 Å². The molecule has 0 aliphatic heterocycles. The molecule has 7 aromatic rings. The number of benzene rings is 7. The minimum Gasteiger partial charge on any atom is -0.0656 e. The van der Waals surface area contributed by atoms with Crippen LogP contribution in [0.4, 0.5) is 0 Å². The molecule has 0 aliphatic carbocycles. The van der Waals surface area contributed by atoms with Crippen molar-refractivity contribution in [1.29, 1.82) is 0 Å². The van der Waals surface area contributed by atoms with Crippen LogP contribution in [-0.4, -0.2) is 40.4 Å². The van der Waals surface area contributed by atoms with Gasteiger partial charge < -0.3 is 0 Å². The molecule has 0 aliphatic rings. The molecular weight excluding hydrogens is 1160 g/mol. The average Bonchev–Trinajstić information content (AvgIpc) is 1.24. The molecule has 0 amide bonds. The molecule has 0 fully saturated rings. The van der Waals surface area contributed by atoms with E-state index in [2.05, 4.69) is 383 Å². The summed E-state index contributed by atoms with van der Waals surface area (Å²) in [5.74, 6) is 4.51. The van der Waals surface area contributed by atoms with E-state index in [9.17, 15) is 0 Å². The van der Waals surface area contributed by atoms with E-state index >= 15 is 0 Å². The van der Waals surface area contributed by atoms with Gasteiger partial charge in [0.15, 0.2) is 0 Å². The number of hydrogen-bond donors (Lipinski definition) is 0. The summed E-state index contributed by atoms with van der Waals surface area (Å²) in [4.78, 5) is 0. The lowest BCUT2D eigenvalue weighted by atomic mass is 9.90. The quantitative estimate of drug-likeness (QED) is 0.107. The molecule has 0 saturated carbocycles. The zero-order valence-corrected chi connectivity index (χ0v) is 70.3. The van der Waals surface area contributed by atoms with E-state index < -0.39 is 40.4 Å². The van der Waals surface area contributed by atoms with Crippen LogP contribution < -0.4 is 25.9 Å². The van der Waals surface area contributed by atoms with Crippen molar-refractivity contribution in [1.82, 2.24) is 0 Å². The lowest BCUT2D eigenvalue weighted by Gasteiger charge is -2.30. The van der Waals surface area contributed by atoms with E-state index in [-0.39, 0.29) is 0 Å². The van der Waals surface area contributed by atoms with Gasteiger partial charge in [-0.15, -0.1) is 0 Å². The van der Waals surface area contributed by atoms with Crippen LogP contribution in [0, 0.1) is 48.5 Å². The van der Waals surface area contributed by atoms with Gasteiger partial charge in [0.2, 0.25) is 0 Å². The summed E-state index contributed by atoms with van der Waals surface area (Å²) < 4.78 is 0. The Balaban J connectivity index is 0.000000531. The molecule has 0 atom stereocenters. The second-order valence-corrected chi connectivity index (χ2v) is 58.8. The van der Waals surface area contributed by atoms with E-state index in [1.807, 2.05) is 0 Å². The third-order valence-corrected chi connectivity index (χ3v) is 27.5. The standard InChI is InChI=1S/C16H32Si3.C13H24Si2.2C13H20.3C10H14/c1-13-15(18(5,6)7)11-14(17(2,3)4)12-16(13)19(8,9)10;1-11-8-12(14(2,3)4)10-13(9-11)15(5,6)7;1-9(2)12-7-6-11(5)13(8-12)10(3)4;1-9(2)12-7-6-8-13(10(3)4)11(12)5;1-8(2)10-6-4-9(3)5-7-10;1-8(2)10-6-4-5-9(3)7-10;1-8(2)10-7-5-4-6-9(10)3/h11-12H,1-10H3;8-10H,1-7H3;2*6-10H,1-5H3;3*4-8H,1-3H3. The first-order valence-corrected chi connectivity index (χ1v) is 52.2. The average molecular weight is 1300 g/mol. The summed E-state index contributed by atoms with van der Waals surface area (Å²) in [6, 6.07) is 51.8. The van der Waals surface area contributed by atoms with E-state index in [4.69, 9.17) is 0 Å². The Hall–Kier alpha value is -4.38. The number of hydrogen-bond acceptors (Lipinski definition) is 0. The Bertz CT molecular complexity index is 3120. The van der Waals surface area contributed by atoms with Crippen LogP contribution in [0.1, 0.15) is 216 Å². The smallest absolute Gasteiger partial charge is 0.0656 e. The van der Waals surface area contributed by atoms with E-state index in [0.717, 1.165) is 0 Å². The zero-order chi connectivity index (χ0) is 69.8. The molecule has 0 saturated heterocycles. The molecule has 0 aromatic heterocycles. The van der Waals surface area contributed by atoms with Crippen LogP contribution in [0.2, 0.25) is 98.2 Å². The van der Waals surface area contributed by atoms with Crippen molar-refractivity contribution in [3.05, 3.63) is 217 Å². The highest BCUT2D eigenvalue weighted by atomic mass is 28.3. The van der Waals surface area contributed by atoms with Crippen molar-refractivity contribution >= 4 is 66.3 Å². The molecule has 5 heteroatoms. The largest absolute Gasteiger partial charge is 0.0779 e. The fourth-order valence-electron chi connectivity index (χ4n) is 11.1. The highest BCUT2D eigenvalue weighted by molar-refractivity contribution is 6.95. The lowest BCUT2D eigenvalue weighted by Crippen LogP contribution is -2.53. The van der Waals surface area contributed by atoms with Crippen molar-refractivity contribution in [2.24, 2.45) is 0 Å². The maximum absolute atomic E-state index is 2.57. The first kappa shape index (κ1) is 83.6. The minimum atomic E-state index is -1.25. The van der Waals surface area contributed by atoms with Gasteiger partial charge in [0.25, 0.3) is 0 Å². The molecule has 0 spiro atoms. The van der Waals surface area contributed by atoms with Crippen molar-refractivity contribution in [2.45, 2.75) is 285 Å². The molecule has 0 radical (unpaired) electrons. The predicted molar refractivity (Wildman–Crippen MR) is 432 cm³/mol. The van der Waals surface area contributed by atoms with Gasteiger partial charge in [-0.2, -0.15) is 0 Å². The first-order chi connectivity index (χ1) is 41.0. The summed E-state index contributed by atoms with van der Waals surface area (Å²) in [6.07, 6.45) is 0. The van der Waals surface area contributed by atoms with Gasteiger partial charge in [-0.1, -0.05) is 383 Å². The Morgan fingerprint density at radius 2 is 0.567 bits per heavy atom. The SMILES string of the molecule is Cc1c(C(C)C)cccc1C(C)C.Cc1c([Si](C)(C)C)cc([Si](C)(C)C)cc1[Si](C)(C)C.Cc1cc([Si](C)(C)C)cc([Si](C)(C)C)c1.Cc1ccc(C(C)C)cc1.Cc1ccc(C(C)C)cc1C(C)C.Cc1cccc(C(C)C)c1.Cc1ccccc1C(C)C. The zero-order valence-electron chi connectivity index (χ0n) is 65.3. The number of aryl methyl sites for hydroxylation is 5. The fraction of sp³-hybridized carbons (Fsp3) is 0.506. The third kappa shape index (κ3) is 29.3. The normalized spacial score (nSPS) is 11.8. The summed E-state index contributed by atoms with van der Waals surface area (Å²) in [7, 11) is -6.05. The Labute approximate surface area is 564 Å². The Morgan fingerprint density at radius 3 is 0.900 bits per heavy atom. The monoisotopic (exact) mass is 1300 g/mol. The van der Waals surface area contributed by atoms with Gasteiger partial charge in [-0.25, -0.2) is 0 Å². The second-order valence-electron chi connectivity index (χ2n) is 33.5. The fourth-order valence-corrected chi connectivity index (χ4v) is 19.0. The van der Waals surface area contributed by atoms with Crippen LogP contribution >= 0.6 is 0 Å². The summed E-state index contributed by atoms with van der Waals surface area (Å²) >= 11 is 0. The lowest BCUT2D eigenvalue weighted by molar-refractivity contribution is 0.817. The van der Waals surface area contributed by atoms with Gasteiger partial charge in [-0.3, -0.25) is 0 Å². The molecule has 498 valence electrons. The summed E-state index contributed by atoms with van der Waals surface area (Å²) in [5, 5.41) is 8.28. The molecule has 0 unspecified atom stereocenters. The molecule has 0 heterocycles. The molecule has 7 aromatic carbocycles. The van der Waals surface area contributed by atoms with Crippen LogP contribution in [-0.2, 0) is 0 Å². The molecule has 0 nitrogen and oxygen atoms in total. The van der Waals surface area contributed by atoms with Crippen molar-refractivity contribution in [3.63, 3.8) is 0 Å². The van der Waals surface area contributed by atoms with Gasteiger partial charge in [-0.05, 0) is 146 Å². The summed E-state index contributed by atoms with van der Waals surface area (Å²) in [6.45, 7) is 83.7. The van der Waals surface area contributed by atoms with Crippen molar-refractivity contribution in [2.75, 3.05) is 0 Å². The highest BCUT2D eigenvalue weighted by Gasteiger charge is 2.29. The second kappa shape index (κ2) is 36.9. The van der Waals surface area contributed by atoms with Crippen LogP contribution in [0.3, 0.4) is 0 Å². The van der Waals surface area contributed by atoms with Crippen LogP contribution in [0.25, 0.3) is 0 Å². The Morgan fingerprint density at radius 1 is 0.222 bits per heavy atom. The third-order valence-electron chi connectivity index (χ3n) is 17.2. The summed E-state index contributed by atoms with van der Waals surface area (Å²) in [5.41, 5.74) is 20.3. The van der Waals surface area contributed by atoms with Gasteiger partial charge in [0, 0.05) is 0 Å². The number of rotatable bonds is 12. The van der Waals surface area contributed by atoms with Crippen LogP contribution in [0.15, 0.2) is 140 Å². The molecule has 0 N–H and O–H groups in total. The molecule has 0 bridgehead atoms. The van der Waals surface area contributed by atoms with Gasteiger partial charge >= 0.3 is 0 Å². The van der Waals surface area contributed by atoms with Crippen molar-refractivity contribution < 1.29 is 0 Å². The van der Waals surface area contributed by atoms with E-state index in [0.29, 0.717) is 41.4 Å². The topological polar surface area (TPSA) is 0 Å². The molecule has 7 rings (SSSR count). The predicted octanol–water partition coefficient (Wildman–Crippen LogP) is 24.6. The molecule has 90 heavy (non-hydrogen) atoms. The highest BCUT2D eigenvalue weighted by Crippen LogP contribution is 2.27. The maximum atomic E-state index is 2.57.